The van der Waals surface area contributed by atoms with Crippen molar-refractivity contribution in [2.45, 2.75) is 18.9 Å². The Kier molecular flexibility index (Phi) is 4.50. The zero-order chi connectivity index (χ0) is 18.1. The number of aromatic nitrogens is 2. The minimum Gasteiger partial charge on any atom is -0.459 e. The number of rotatable bonds is 3. The fraction of sp³-hybridized carbons (Fsp3) is 0.500. The van der Waals surface area contributed by atoms with Gasteiger partial charge in [0.05, 0.1) is 24.2 Å². The summed E-state index contributed by atoms with van der Waals surface area (Å²) in [6.07, 6.45) is 6.95. The summed E-state index contributed by atoms with van der Waals surface area (Å²) in [5.74, 6) is 0.423. The summed E-state index contributed by atoms with van der Waals surface area (Å²) in [6, 6.07) is 3.28. The van der Waals surface area contributed by atoms with Crippen LogP contribution in [0.5, 0.6) is 0 Å². The van der Waals surface area contributed by atoms with Gasteiger partial charge in [-0.05, 0) is 25.0 Å². The molecule has 8 nitrogen and oxygen atoms in total. The third-order valence-electron chi connectivity index (χ3n) is 5.19. The highest BCUT2D eigenvalue weighted by Gasteiger charge is 2.36. The number of anilines is 1. The summed E-state index contributed by atoms with van der Waals surface area (Å²) in [4.78, 5) is 31.2. The molecule has 0 N–H and O–H groups in total. The normalized spacial score (nSPS) is 22.0. The van der Waals surface area contributed by atoms with Gasteiger partial charge in [-0.25, -0.2) is 0 Å². The highest BCUT2D eigenvalue weighted by atomic mass is 16.3. The number of carbonyl (C=O) groups is 2. The van der Waals surface area contributed by atoms with Gasteiger partial charge in [0.2, 0.25) is 5.91 Å². The van der Waals surface area contributed by atoms with Gasteiger partial charge in [0.1, 0.15) is 0 Å². The van der Waals surface area contributed by atoms with E-state index >= 15 is 0 Å². The molecule has 2 aliphatic rings. The molecule has 1 atom stereocenters. The van der Waals surface area contributed by atoms with Gasteiger partial charge in [-0.1, -0.05) is 0 Å². The lowest BCUT2D eigenvalue weighted by Crippen LogP contribution is -2.58. The van der Waals surface area contributed by atoms with E-state index in [0.29, 0.717) is 31.9 Å². The minimum absolute atomic E-state index is 0.0818. The molecule has 0 spiro atoms. The standard InChI is InChI=1S/C18H23N5O3/c1-20-13-14(12-19-20)23-6-2-4-15(17(23)24)21-7-9-22(10-8-21)18(25)16-5-3-11-26-16/h3,5,11-13,15H,2,4,6-10H2,1H3/t15-/m1/s1. The number of aryl methyl sites for hydroxylation is 1. The van der Waals surface area contributed by atoms with Gasteiger partial charge in [0.15, 0.2) is 5.76 Å². The van der Waals surface area contributed by atoms with E-state index in [4.69, 9.17) is 4.42 Å². The Balaban J connectivity index is 1.39. The Labute approximate surface area is 151 Å². The number of amides is 2. The maximum Gasteiger partial charge on any atom is 0.289 e. The molecule has 2 amide bonds. The van der Waals surface area contributed by atoms with Crippen LogP contribution in [0.4, 0.5) is 5.69 Å². The molecule has 2 aromatic heterocycles. The van der Waals surface area contributed by atoms with Crippen molar-refractivity contribution in [3.8, 4) is 0 Å². The van der Waals surface area contributed by atoms with Crippen LogP contribution >= 0.6 is 0 Å². The van der Waals surface area contributed by atoms with E-state index < -0.39 is 0 Å². The van der Waals surface area contributed by atoms with Crippen LogP contribution in [-0.2, 0) is 11.8 Å². The number of piperidine rings is 1. The van der Waals surface area contributed by atoms with Gasteiger partial charge in [0.25, 0.3) is 5.91 Å². The molecular formula is C18H23N5O3. The van der Waals surface area contributed by atoms with Gasteiger partial charge < -0.3 is 14.2 Å². The summed E-state index contributed by atoms with van der Waals surface area (Å²) in [6.45, 7) is 3.35. The second-order valence-electron chi connectivity index (χ2n) is 6.83. The molecule has 4 heterocycles. The molecule has 0 unspecified atom stereocenters. The first kappa shape index (κ1) is 16.8. The van der Waals surface area contributed by atoms with E-state index in [-0.39, 0.29) is 17.9 Å². The second-order valence-corrected chi connectivity index (χ2v) is 6.83. The summed E-state index contributed by atoms with van der Waals surface area (Å²) in [7, 11) is 1.85. The van der Waals surface area contributed by atoms with E-state index in [1.165, 1.54) is 6.26 Å². The summed E-state index contributed by atoms with van der Waals surface area (Å²) >= 11 is 0. The van der Waals surface area contributed by atoms with Crippen molar-refractivity contribution in [2.75, 3.05) is 37.6 Å². The summed E-state index contributed by atoms with van der Waals surface area (Å²) < 4.78 is 6.91. The number of hydrogen-bond acceptors (Lipinski definition) is 5. The van der Waals surface area contributed by atoms with E-state index in [1.807, 2.05) is 18.1 Å². The molecule has 0 radical (unpaired) electrons. The maximum absolute atomic E-state index is 13.0. The minimum atomic E-state index is -0.121. The zero-order valence-electron chi connectivity index (χ0n) is 14.9. The topological polar surface area (TPSA) is 74.8 Å². The Morgan fingerprint density at radius 1 is 1.23 bits per heavy atom. The van der Waals surface area contributed by atoms with E-state index in [0.717, 1.165) is 25.1 Å². The molecule has 0 saturated carbocycles. The highest BCUT2D eigenvalue weighted by molar-refractivity contribution is 5.97. The third kappa shape index (κ3) is 3.12. The van der Waals surface area contributed by atoms with Crippen LogP contribution in [0.3, 0.4) is 0 Å². The van der Waals surface area contributed by atoms with E-state index in [1.54, 1.807) is 27.9 Å². The average Bonchev–Trinajstić information content (AvgIpc) is 3.33. The largest absolute Gasteiger partial charge is 0.459 e. The SMILES string of the molecule is Cn1cc(N2CCC[C@@H](N3CCN(C(=O)c4ccco4)CC3)C2=O)cn1. The number of hydrogen-bond donors (Lipinski definition) is 0. The summed E-state index contributed by atoms with van der Waals surface area (Å²) in [5, 5.41) is 4.17. The molecule has 26 heavy (non-hydrogen) atoms. The first-order valence-corrected chi connectivity index (χ1v) is 9.00. The quantitative estimate of drug-likeness (QED) is 0.818. The highest BCUT2D eigenvalue weighted by Crippen LogP contribution is 2.24. The molecule has 0 aliphatic carbocycles. The van der Waals surface area contributed by atoms with Crippen LogP contribution in [0.25, 0.3) is 0 Å². The van der Waals surface area contributed by atoms with Crippen LogP contribution in [0.15, 0.2) is 35.2 Å². The van der Waals surface area contributed by atoms with Crippen molar-refractivity contribution in [1.82, 2.24) is 19.6 Å². The van der Waals surface area contributed by atoms with Crippen molar-refractivity contribution >= 4 is 17.5 Å². The third-order valence-corrected chi connectivity index (χ3v) is 5.19. The molecule has 2 fully saturated rings. The fourth-order valence-electron chi connectivity index (χ4n) is 3.79. The van der Waals surface area contributed by atoms with E-state index in [9.17, 15) is 9.59 Å². The molecule has 4 rings (SSSR count). The fourth-order valence-corrected chi connectivity index (χ4v) is 3.79. The van der Waals surface area contributed by atoms with Crippen molar-refractivity contribution in [1.29, 1.82) is 0 Å². The monoisotopic (exact) mass is 357 g/mol. The van der Waals surface area contributed by atoms with Crippen molar-refractivity contribution in [3.63, 3.8) is 0 Å². The van der Waals surface area contributed by atoms with Crippen LogP contribution in [0.2, 0.25) is 0 Å². The van der Waals surface area contributed by atoms with Crippen LogP contribution in [0.1, 0.15) is 23.4 Å². The predicted molar refractivity (Wildman–Crippen MR) is 94.8 cm³/mol. The number of furan rings is 1. The first-order valence-electron chi connectivity index (χ1n) is 9.00. The average molecular weight is 357 g/mol. The smallest absolute Gasteiger partial charge is 0.289 e. The molecule has 138 valence electrons. The number of carbonyl (C=O) groups excluding carboxylic acids is 2. The molecular weight excluding hydrogens is 334 g/mol. The van der Waals surface area contributed by atoms with Gasteiger partial charge in [0, 0.05) is 46.0 Å². The Morgan fingerprint density at radius 2 is 2.04 bits per heavy atom. The number of nitrogens with zero attached hydrogens (tertiary/aromatic N) is 5. The van der Waals surface area contributed by atoms with Gasteiger partial charge >= 0.3 is 0 Å². The molecule has 8 heteroatoms. The molecule has 0 aromatic carbocycles. The Bertz CT molecular complexity index is 777. The van der Waals surface area contributed by atoms with Gasteiger partial charge in [-0.15, -0.1) is 0 Å². The lowest BCUT2D eigenvalue weighted by Gasteiger charge is -2.42. The molecule has 2 aliphatic heterocycles. The van der Waals surface area contributed by atoms with Crippen molar-refractivity contribution in [3.05, 3.63) is 36.5 Å². The zero-order valence-corrected chi connectivity index (χ0v) is 14.9. The summed E-state index contributed by atoms with van der Waals surface area (Å²) in [5.41, 5.74) is 0.855. The first-order chi connectivity index (χ1) is 12.6. The maximum atomic E-state index is 13.0. The van der Waals surface area contributed by atoms with E-state index in [2.05, 4.69) is 10.00 Å². The molecule has 2 aromatic rings. The lowest BCUT2D eigenvalue weighted by molar-refractivity contribution is -0.126. The second kappa shape index (κ2) is 6.95. The molecule has 2 saturated heterocycles. The van der Waals surface area contributed by atoms with Gasteiger partial charge in [-0.2, -0.15) is 5.10 Å². The number of piperazine rings is 1. The molecule has 0 bridgehead atoms. The Hall–Kier alpha value is -2.61. The van der Waals surface area contributed by atoms with Crippen LogP contribution in [-0.4, -0.2) is 70.2 Å². The Morgan fingerprint density at radius 3 is 2.69 bits per heavy atom. The van der Waals surface area contributed by atoms with Crippen molar-refractivity contribution < 1.29 is 14.0 Å². The predicted octanol–water partition coefficient (Wildman–Crippen LogP) is 0.966. The van der Waals surface area contributed by atoms with Crippen LogP contribution < -0.4 is 4.90 Å². The van der Waals surface area contributed by atoms with Crippen LogP contribution in [0, 0.1) is 0 Å². The lowest BCUT2D eigenvalue weighted by atomic mass is 10.0. The van der Waals surface area contributed by atoms with Crippen molar-refractivity contribution in [2.24, 2.45) is 7.05 Å². The van der Waals surface area contributed by atoms with Gasteiger partial charge in [-0.3, -0.25) is 19.2 Å².